The number of aromatic nitrogens is 4. The van der Waals surface area contributed by atoms with Gasteiger partial charge in [0.1, 0.15) is 0 Å². The van der Waals surface area contributed by atoms with Crippen LogP contribution in [0.4, 0.5) is 13.2 Å². The van der Waals surface area contributed by atoms with Crippen LogP contribution in [0.1, 0.15) is 15.9 Å². The van der Waals surface area contributed by atoms with Gasteiger partial charge in [0.25, 0.3) is 11.8 Å². The minimum Gasteiger partial charge on any atom is -0.414 e. The van der Waals surface area contributed by atoms with Crippen molar-refractivity contribution in [3.8, 4) is 5.88 Å². The molecule has 124 valence electrons. The molecule has 0 saturated heterocycles. The maximum Gasteiger partial charge on any atom is 0.388 e. The smallest absolute Gasteiger partial charge is 0.388 e. The van der Waals surface area contributed by atoms with Crippen molar-refractivity contribution in [3.63, 3.8) is 0 Å². The van der Waals surface area contributed by atoms with Crippen LogP contribution in [0, 0.1) is 5.82 Å². The highest BCUT2D eigenvalue weighted by molar-refractivity contribution is 5.94. The number of pyridine rings is 1. The van der Waals surface area contributed by atoms with Crippen molar-refractivity contribution < 1.29 is 22.7 Å². The van der Waals surface area contributed by atoms with Gasteiger partial charge in [-0.15, -0.1) is 0 Å². The van der Waals surface area contributed by atoms with Crippen molar-refractivity contribution in [2.75, 3.05) is 0 Å². The number of hydrogen-bond acceptors (Lipinski definition) is 5. The van der Waals surface area contributed by atoms with E-state index >= 15 is 0 Å². The highest BCUT2D eigenvalue weighted by Gasteiger charge is 2.15. The third-order valence-corrected chi connectivity index (χ3v) is 3.11. The van der Waals surface area contributed by atoms with Gasteiger partial charge in [-0.25, -0.2) is 13.9 Å². The van der Waals surface area contributed by atoms with Crippen LogP contribution in [0.3, 0.4) is 0 Å². The number of nitrogens with zero attached hydrogens (tertiary/aromatic N) is 4. The van der Waals surface area contributed by atoms with Gasteiger partial charge in [0.15, 0.2) is 5.82 Å². The molecule has 24 heavy (non-hydrogen) atoms. The van der Waals surface area contributed by atoms with E-state index in [0.717, 1.165) is 12.3 Å². The largest absolute Gasteiger partial charge is 0.414 e. The molecular weight excluding hydrogens is 327 g/mol. The third-order valence-electron chi connectivity index (χ3n) is 3.11. The quantitative estimate of drug-likeness (QED) is 0.768. The molecule has 7 nitrogen and oxygen atoms in total. The fraction of sp³-hybridized carbons (Fsp3) is 0.143. The summed E-state index contributed by atoms with van der Waals surface area (Å²) in [5.41, 5.74) is 1.30. The van der Waals surface area contributed by atoms with Crippen molar-refractivity contribution in [2.45, 2.75) is 13.2 Å². The molecule has 0 bridgehead atoms. The minimum atomic E-state index is -3.20. The van der Waals surface area contributed by atoms with Crippen molar-refractivity contribution >= 4 is 11.4 Å². The van der Waals surface area contributed by atoms with Crippen molar-refractivity contribution in [1.82, 2.24) is 24.9 Å². The van der Waals surface area contributed by atoms with Gasteiger partial charge >= 0.3 is 6.61 Å². The van der Waals surface area contributed by atoms with Crippen LogP contribution >= 0.6 is 0 Å². The Kier molecular flexibility index (Phi) is 4.27. The predicted molar refractivity (Wildman–Crippen MR) is 75.0 cm³/mol. The number of carbonyl (C=O) groups excluding carboxylic acids is 1. The maximum atomic E-state index is 13.6. The molecule has 3 heterocycles. The molecular formula is C14H10F3N5O2. The van der Waals surface area contributed by atoms with E-state index in [9.17, 15) is 18.0 Å². The lowest BCUT2D eigenvalue weighted by molar-refractivity contribution is -0.0553. The summed E-state index contributed by atoms with van der Waals surface area (Å²) in [6.07, 6.45) is 7.33. The molecule has 0 unspecified atom stereocenters. The SMILES string of the molecule is O=C(NCc1cnn2ccncc12)c1cnc(OC(F)F)c(F)c1. The summed E-state index contributed by atoms with van der Waals surface area (Å²) in [5.74, 6) is -2.63. The Hall–Kier alpha value is -3.17. The summed E-state index contributed by atoms with van der Waals surface area (Å²) < 4.78 is 43.1. The monoisotopic (exact) mass is 337 g/mol. The van der Waals surface area contributed by atoms with E-state index in [1.54, 1.807) is 29.3 Å². The second kappa shape index (κ2) is 6.52. The van der Waals surface area contributed by atoms with Gasteiger partial charge in [0, 0.05) is 30.7 Å². The number of hydrogen-bond donors (Lipinski definition) is 1. The molecule has 3 aromatic rings. The van der Waals surface area contributed by atoms with Crippen molar-refractivity contribution in [2.24, 2.45) is 0 Å². The van der Waals surface area contributed by atoms with Gasteiger partial charge in [-0.3, -0.25) is 9.78 Å². The van der Waals surface area contributed by atoms with Gasteiger partial charge in [-0.1, -0.05) is 0 Å². The zero-order chi connectivity index (χ0) is 17.1. The van der Waals surface area contributed by atoms with Crippen molar-refractivity contribution in [3.05, 3.63) is 54.0 Å². The molecule has 0 fully saturated rings. The van der Waals surface area contributed by atoms with Crippen LogP contribution < -0.4 is 10.1 Å². The number of alkyl halides is 2. The lowest BCUT2D eigenvalue weighted by atomic mass is 10.2. The van der Waals surface area contributed by atoms with Gasteiger partial charge in [-0.05, 0) is 6.07 Å². The fourth-order valence-corrected chi connectivity index (χ4v) is 2.02. The fourth-order valence-electron chi connectivity index (χ4n) is 2.02. The first kappa shape index (κ1) is 15.7. The van der Waals surface area contributed by atoms with Crippen molar-refractivity contribution in [1.29, 1.82) is 0 Å². The maximum absolute atomic E-state index is 13.6. The number of fused-ring (bicyclic) bond motifs is 1. The van der Waals surface area contributed by atoms with Crippen LogP contribution in [0.5, 0.6) is 5.88 Å². The van der Waals surface area contributed by atoms with Crippen LogP contribution in [0.25, 0.3) is 5.52 Å². The molecule has 0 aliphatic carbocycles. The Morgan fingerprint density at radius 1 is 1.33 bits per heavy atom. The summed E-state index contributed by atoms with van der Waals surface area (Å²) in [6, 6.07) is 0.775. The summed E-state index contributed by atoms with van der Waals surface area (Å²) in [5, 5.41) is 6.65. The summed E-state index contributed by atoms with van der Waals surface area (Å²) in [4.78, 5) is 19.3. The number of carbonyl (C=O) groups is 1. The molecule has 10 heteroatoms. The number of halogens is 3. The van der Waals surface area contributed by atoms with Gasteiger partial charge in [0.2, 0.25) is 0 Å². The van der Waals surface area contributed by atoms with E-state index < -0.39 is 24.2 Å². The topological polar surface area (TPSA) is 81.4 Å². The van der Waals surface area contributed by atoms with Crippen LogP contribution in [0.2, 0.25) is 0 Å². The van der Waals surface area contributed by atoms with E-state index in [2.05, 4.69) is 25.1 Å². The van der Waals surface area contributed by atoms with E-state index in [1.165, 1.54) is 0 Å². The first-order valence-corrected chi connectivity index (χ1v) is 6.69. The third kappa shape index (κ3) is 3.26. The lowest BCUT2D eigenvalue weighted by Gasteiger charge is -2.07. The zero-order valence-corrected chi connectivity index (χ0v) is 12.0. The van der Waals surface area contributed by atoms with Crippen LogP contribution in [-0.2, 0) is 6.54 Å². The van der Waals surface area contributed by atoms with Gasteiger partial charge in [-0.2, -0.15) is 13.9 Å². The average Bonchev–Trinajstić information content (AvgIpc) is 2.97. The molecule has 0 aliphatic heterocycles. The molecule has 0 spiro atoms. The number of amides is 1. The number of nitrogens with one attached hydrogen (secondary N) is 1. The highest BCUT2D eigenvalue weighted by atomic mass is 19.3. The number of rotatable bonds is 5. The Bertz CT molecular complexity index is 884. The molecule has 0 atom stereocenters. The van der Waals surface area contributed by atoms with Crippen LogP contribution in [-0.4, -0.2) is 32.1 Å². The minimum absolute atomic E-state index is 0.122. The van der Waals surface area contributed by atoms with E-state index in [4.69, 9.17) is 0 Å². The summed E-state index contributed by atoms with van der Waals surface area (Å²) in [6.45, 7) is -3.07. The second-order valence-electron chi connectivity index (χ2n) is 4.65. The number of ether oxygens (including phenoxy) is 1. The first-order chi connectivity index (χ1) is 11.5. The van der Waals surface area contributed by atoms with E-state index in [0.29, 0.717) is 11.1 Å². The first-order valence-electron chi connectivity index (χ1n) is 6.69. The highest BCUT2D eigenvalue weighted by Crippen LogP contribution is 2.17. The summed E-state index contributed by atoms with van der Waals surface area (Å²) >= 11 is 0. The predicted octanol–water partition coefficient (Wildman–Crippen LogP) is 1.79. The molecule has 0 saturated carbocycles. The standard InChI is InChI=1S/C14H10F3N5O2/c15-10-3-8(4-20-13(10)24-14(16)17)12(23)19-5-9-6-21-22-2-1-18-7-11(9)22/h1-4,6-7,14H,5H2,(H,19,23). The lowest BCUT2D eigenvalue weighted by Crippen LogP contribution is -2.23. The Labute approximate surface area is 133 Å². The summed E-state index contributed by atoms with van der Waals surface area (Å²) in [7, 11) is 0. The molecule has 3 aromatic heterocycles. The molecule has 3 rings (SSSR count). The zero-order valence-electron chi connectivity index (χ0n) is 12.0. The Morgan fingerprint density at radius 3 is 2.92 bits per heavy atom. The van der Waals surface area contributed by atoms with E-state index in [1.807, 2.05) is 0 Å². The van der Waals surface area contributed by atoms with E-state index in [-0.39, 0.29) is 12.1 Å². The normalized spacial score (nSPS) is 11.0. The second-order valence-corrected chi connectivity index (χ2v) is 4.65. The molecule has 1 N–H and O–H groups in total. The molecule has 1 amide bonds. The van der Waals surface area contributed by atoms with Gasteiger partial charge < -0.3 is 10.1 Å². The Morgan fingerprint density at radius 2 is 2.17 bits per heavy atom. The average molecular weight is 337 g/mol. The molecule has 0 radical (unpaired) electrons. The Balaban J connectivity index is 1.70. The van der Waals surface area contributed by atoms with Gasteiger partial charge in [0.05, 0.1) is 23.5 Å². The van der Waals surface area contributed by atoms with Crippen LogP contribution in [0.15, 0.2) is 37.1 Å². The molecule has 0 aliphatic rings. The molecule has 0 aromatic carbocycles.